The van der Waals surface area contributed by atoms with Crippen molar-refractivity contribution in [1.29, 1.82) is 0 Å². The molecule has 0 atom stereocenters. The molecular formula is C18H21N3O3. The smallest absolute Gasteiger partial charge is 0.255 e. The van der Waals surface area contributed by atoms with Crippen LogP contribution in [-0.4, -0.2) is 25.5 Å². The highest BCUT2D eigenvalue weighted by atomic mass is 16.5. The number of methoxy groups -OCH3 is 1. The molecule has 2 amide bonds. The number of hydrogen-bond donors (Lipinski definition) is 3. The van der Waals surface area contributed by atoms with Gasteiger partial charge in [-0.25, -0.2) is 0 Å². The van der Waals surface area contributed by atoms with Crippen molar-refractivity contribution in [3.63, 3.8) is 0 Å². The first-order chi connectivity index (χ1) is 11.6. The summed E-state index contributed by atoms with van der Waals surface area (Å²) in [5.74, 6) is 0.187. The minimum absolute atomic E-state index is 0.136. The lowest BCUT2D eigenvalue weighted by atomic mass is 10.2. The van der Waals surface area contributed by atoms with Crippen LogP contribution in [0, 0.1) is 0 Å². The van der Waals surface area contributed by atoms with Gasteiger partial charge in [-0.3, -0.25) is 9.59 Å². The first-order valence-electron chi connectivity index (χ1n) is 7.68. The summed E-state index contributed by atoms with van der Waals surface area (Å²) in [6, 6.07) is 13.9. The van der Waals surface area contributed by atoms with E-state index in [4.69, 9.17) is 10.5 Å². The Balaban J connectivity index is 2.11. The molecule has 0 radical (unpaired) electrons. The Labute approximate surface area is 141 Å². The van der Waals surface area contributed by atoms with E-state index < -0.39 is 0 Å². The van der Waals surface area contributed by atoms with Crippen LogP contribution in [0.1, 0.15) is 23.2 Å². The maximum atomic E-state index is 12.4. The van der Waals surface area contributed by atoms with Crippen LogP contribution in [0.25, 0.3) is 0 Å². The van der Waals surface area contributed by atoms with Crippen molar-refractivity contribution in [2.45, 2.75) is 12.8 Å². The van der Waals surface area contributed by atoms with E-state index >= 15 is 0 Å². The third kappa shape index (κ3) is 4.82. The van der Waals surface area contributed by atoms with Crippen LogP contribution < -0.4 is 21.1 Å². The largest absolute Gasteiger partial charge is 0.497 e. The molecule has 0 aliphatic rings. The quantitative estimate of drug-likeness (QED) is 0.729. The molecule has 0 aromatic heterocycles. The lowest BCUT2D eigenvalue weighted by Gasteiger charge is -2.12. The van der Waals surface area contributed by atoms with E-state index in [0.29, 0.717) is 42.1 Å². The number of nitrogens with two attached hydrogens (primary N) is 1. The number of ether oxygens (including phenoxy) is 1. The number of nitrogens with one attached hydrogen (secondary N) is 2. The number of amides is 2. The molecule has 0 unspecified atom stereocenters. The number of rotatable bonds is 7. The predicted octanol–water partition coefficient (Wildman–Crippen LogP) is 2.62. The molecule has 0 saturated heterocycles. The Morgan fingerprint density at radius 2 is 1.75 bits per heavy atom. The van der Waals surface area contributed by atoms with E-state index in [-0.39, 0.29) is 11.8 Å². The van der Waals surface area contributed by atoms with Crippen LogP contribution >= 0.6 is 0 Å². The lowest BCUT2D eigenvalue weighted by Crippen LogP contribution is -2.17. The van der Waals surface area contributed by atoms with E-state index in [9.17, 15) is 9.59 Å². The molecule has 2 aromatic rings. The SMILES string of the molecule is COc1cccc(C(=O)Nc2ccccc2NC(=O)CCCN)c1. The predicted molar refractivity (Wildman–Crippen MR) is 94.3 cm³/mol. The van der Waals surface area contributed by atoms with Gasteiger partial charge >= 0.3 is 0 Å². The highest BCUT2D eigenvalue weighted by Crippen LogP contribution is 2.22. The van der Waals surface area contributed by atoms with Crippen LogP contribution in [0.2, 0.25) is 0 Å². The van der Waals surface area contributed by atoms with Crippen LogP contribution in [0.4, 0.5) is 11.4 Å². The van der Waals surface area contributed by atoms with Gasteiger partial charge in [-0.15, -0.1) is 0 Å². The molecule has 0 fully saturated rings. The van der Waals surface area contributed by atoms with E-state index in [1.165, 1.54) is 0 Å². The topological polar surface area (TPSA) is 93.5 Å². The lowest BCUT2D eigenvalue weighted by molar-refractivity contribution is -0.116. The molecule has 6 nitrogen and oxygen atoms in total. The average Bonchev–Trinajstić information content (AvgIpc) is 2.61. The summed E-state index contributed by atoms with van der Waals surface area (Å²) >= 11 is 0. The van der Waals surface area contributed by atoms with E-state index in [1.54, 1.807) is 55.6 Å². The highest BCUT2D eigenvalue weighted by Gasteiger charge is 2.11. The molecule has 0 heterocycles. The van der Waals surface area contributed by atoms with Crippen LogP contribution in [0.3, 0.4) is 0 Å². The van der Waals surface area contributed by atoms with Gasteiger partial charge in [-0.1, -0.05) is 18.2 Å². The summed E-state index contributed by atoms with van der Waals surface area (Å²) in [5, 5.41) is 5.60. The third-order valence-corrected chi connectivity index (χ3v) is 3.39. The van der Waals surface area contributed by atoms with Gasteiger partial charge in [-0.2, -0.15) is 0 Å². The minimum Gasteiger partial charge on any atom is -0.497 e. The Morgan fingerprint density at radius 3 is 2.42 bits per heavy atom. The molecule has 126 valence electrons. The van der Waals surface area contributed by atoms with Crippen LogP contribution in [0.15, 0.2) is 48.5 Å². The van der Waals surface area contributed by atoms with Gasteiger partial charge in [0.2, 0.25) is 5.91 Å². The van der Waals surface area contributed by atoms with Crippen LogP contribution in [0.5, 0.6) is 5.75 Å². The number of anilines is 2. The maximum Gasteiger partial charge on any atom is 0.255 e. The van der Waals surface area contributed by atoms with E-state index in [0.717, 1.165) is 0 Å². The monoisotopic (exact) mass is 327 g/mol. The molecule has 0 bridgehead atoms. The van der Waals surface area contributed by atoms with Gasteiger partial charge in [0, 0.05) is 12.0 Å². The van der Waals surface area contributed by atoms with Gasteiger partial charge in [0.15, 0.2) is 0 Å². The van der Waals surface area contributed by atoms with Gasteiger partial charge in [-0.05, 0) is 43.3 Å². The Bertz CT molecular complexity index is 716. The van der Waals surface area contributed by atoms with Crippen molar-refractivity contribution in [3.05, 3.63) is 54.1 Å². The number of hydrogen-bond acceptors (Lipinski definition) is 4. The zero-order chi connectivity index (χ0) is 17.4. The summed E-state index contributed by atoms with van der Waals surface area (Å²) < 4.78 is 5.12. The number of carbonyl (C=O) groups is 2. The third-order valence-electron chi connectivity index (χ3n) is 3.39. The molecule has 0 spiro atoms. The van der Waals surface area contributed by atoms with Gasteiger partial charge in [0.1, 0.15) is 5.75 Å². The molecule has 0 aliphatic heterocycles. The Kier molecular flexibility index (Phi) is 6.33. The van der Waals surface area contributed by atoms with Crippen molar-refractivity contribution in [2.24, 2.45) is 5.73 Å². The normalized spacial score (nSPS) is 10.1. The standard InChI is InChI=1S/C18H21N3O3/c1-24-14-7-4-6-13(12-14)18(23)21-16-9-3-2-8-15(16)20-17(22)10-5-11-19/h2-4,6-9,12H,5,10-11,19H2,1H3,(H,20,22)(H,21,23). The summed E-state index contributed by atoms with van der Waals surface area (Å²) in [6.07, 6.45) is 0.957. The molecule has 4 N–H and O–H groups in total. The fraction of sp³-hybridized carbons (Fsp3) is 0.222. The zero-order valence-electron chi connectivity index (χ0n) is 13.5. The van der Waals surface area contributed by atoms with Crippen molar-refractivity contribution >= 4 is 23.2 Å². The number of para-hydroxylation sites is 2. The molecule has 0 aliphatic carbocycles. The van der Waals surface area contributed by atoms with Crippen molar-refractivity contribution in [3.8, 4) is 5.75 Å². The molecule has 24 heavy (non-hydrogen) atoms. The second-order valence-corrected chi connectivity index (χ2v) is 5.17. The fourth-order valence-electron chi connectivity index (χ4n) is 2.14. The molecule has 2 aromatic carbocycles. The highest BCUT2D eigenvalue weighted by molar-refractivity contribution is 6.07. The molecule has 6 heteroatoms. The summed E-state index contributed by atoms with van der Waals surface area (Å²) in [4.78, 5) is 24.3. The summed E-state index contributed by atoms with van der Waals surface area (Å²) in [5.41, 5.74) is 6.96. The first kappa shape index (κ1) is 17.5. The Morgan fingerprint density at radius 1 is 1.04 bits per heavy atom. The first-order valence-corrected chi connectivity index (χ1v) is 7.68. The van der Waals surface area contributed by atoms with Crippen LogP contribution in [-0.2, 0) is 4.79 Å². The second-order valence-electron chi connectivity index (χ2n) is 5.17. The van der Waals surface area contributed by atoms with E-state index in [2.05, 4.69) is 10.6 Å². The molecule has 2 rings (SSSR count). The molecule has 0 saturated carbocycles. The fourth-order valence-corrected chi connectivity index (χ4v) is 2.14. The Hall–Kier alpha value is -2.86. The maximum absolute atomic E-state index is 12.4. The minimum atomic E-state index is -0.280. The van der Waals surface area contributed by atoms with Crippen molar-refractivity contribution in [2.75, 3.05) is 24.3 Å². The molecular weight excluding hydrogens is 306 g/mol. The second kappa shape index (κ2) is 8.69. The van der Waals surface area contributed by atoms with Crippen molar-refractivity contribution in [1.82, 2.24) is 0 Å². The van der Waals surface area contributed by atoms with E-state index in [1.807, 2.05) is 0 Å². The zero-order valence-corrected chi connectivity index (χ0v) is 13.5. The van der Waals surface area contributed by atoms with Gasteiger partial charge in [0.25, 0.3) is 5.91 Å². The summed E-state index contributed by atoms with van der Waals surface area (Å²) in [6.45, 7) is 0.460. The average molecular weight is 327 g/mol. The van der Waals surface area contributed by atoms with Gasteiger partial charge in [0.05, 0.1) is 18.5 Å². The number of benzene rings is 2. The number of carbonyl (C=O) groups excluding carboxylic acids is 2. The van der Waals surface area contributed by atoms with Crippen molar-refractivity contribution < 1.29 is 14.3 Å². The van der Waals surface area contributed by atoms with Gasteiger partial charge < -0.3 is 21.1 Å². The summed E-state index contributed by atoms with van der Waals surface area (Å²) in [7, 11) is 1.54.